The van der Waals surface area contributed by atoms with Crippen molar-refractivity contribution in [3.63, 3.8) is 0 Å². The lowest BCUT2D eigenvalue weighted by Gasteiger charge is -2.34. The molecule has 0 saturated heterocycles. The Labute approximate surface area is 213 Å². The first-order valence-corrected chi connectivity index (χ1v) is 16.2. The summed E-state index contributed by atoms with van der Waals surface area (Å²) < 4.78 is 7.09. The summed E-state index contributed by atoms with van der Waals surface area (Å²) in [5.74, 6) is 1.05. The average molecular weight is 484 g/mol. The highest BCUT2D eigenvalue weighted by molar-refractivity contribution is 6.74. The van der Waals surface area contributed by atoms with E-state index in [9.17, 15) is 0 Å². The second kappa shape index (κ2) is 11.0. The lowest BCUT2D eigenvalue weighted by molar-refractivity contribution is 0.425. The van der Waals surface area contributed by atoms with Crippen molar-refractivity contribution in [3.05, 3.63) is 95.1 Å². The largest absolute Gasteiger partial charge is 0.543 e. The minimum Gasteiger partial charge on any atom is -0.543 e. The van der Waals surface area contributed by atoms with Crippen LogP contribution in [0.1, 0.15) is 75.2 Å². The van der Waals surface area contributed by atoms with Gasteiger partial charge in [-0.2, -0.15) is 0 Å². The first-order valence-electron chi connectivity index (χ1n) is 13.2. The van der Waals surface area contributed by atoms with Crippen LogP contribution in [0.4, 0.5) is 0 Å². The molecule has 3 aromatic carbocycles. The van der Waals surface area contributed by atoms with Gasteiger partial charge in [-0.25, -0.2) is 0 Å². The van der Waals surface area contributed by atoms with Gasteiger partial charge in [0, 0.05) is 23.2 Å². The minimum absolute atomic E-state index is 0.313. The summed E-state index contributed by atoms with van der Waals surface area (Å²) in [6.45, 7) is 13.8. The van der Waals surface area contributed by atoms with E-state index in [1.54, 1.807) is 0 Å². The Balaban J connectivity index is 1.68. The number of nitrogens with one attached hydrogen (secondary N) is 1. The van der Waals surface area contributed by atoms with Crippen molar-refractivity contribution in [1.82, 2.24) is 5.32 Å². The molecule has 184 valence electrons. The molecule has 0 radical (unpaired) electrons. The summed E-state index contributed by atoms with van der Waals surface area (Å²) in [4.78, 5) is 0. The smallest absolute Gasteiger partial charge is 0.256 e. The maximum Gasteiger partial charge on any atom is 0.256 e. The molecule has 2 nitrogen and oxygen atoms in total. The number of rotatable bonds is 10. The molecule has 0 aliphatic heterocycles. The first kappa shape index (κ1) is 25.5. The number of hydrogen-bond donors (Lipinski definition) is 1. The summed E-state index contributed by atoms with van der Waals surface area (Å²) in [6, 6.07) is 27.0. The monoisotopic (exact) mass is 483 g/mol. The van der Waals surface area contributed by atoms with Gasteiger partial charge in [-0.05, 0) is 54.8 Å². The van der Waals surface area contributed by atoms with Crippen LogP contribution in [-0.4, -0.2) is 14.4 Å². The van der Waals surface area contributed by atoms with Gasteiger partial charge >= 0.3 is 0 Å². The lowest BCUT2D eigenvalue weighted by atomic mass is 9.97. The van der Waals surface area contributed by atoms with Gasteiger partial charge in [0.2, 0.25) is 0 Å². The fourth-order valence-electron chi connectivity index (χ4n) is 5.69. The molecule has 0 amide bonds. The molecule has 2 atom stereocenters. The molecule has 35 heavy (non-hydrogen) atoms. The predicted molar refractivity (Wildman–Crippen MR) is 153 cm³/mol. The van der Waals surface area contributed by atoms with Crippen LogP contribution in [-0.2, 0) is 0 Å². The molecule has 0 aromatic heterocycles. The Hall–Kier alpha value is -2.62. The number of para-hydroxylation sites is 1. The molecule has 0 bridgehead atoms. The molecular formula is C32H41NOSi. The number of unbranched alkanes of at least 4 members (excludes halogenated alkanes) is 1. The van der Waals surface area contributed by atoms with Crippen LogP contribution < -0.4 is 9.74 Å². The van der Waals surface area contributed by atoms with Crippen molar-refractivity contribution in [2.75, 3.05) is 0 Å². The fourth-order valence-corrected chi connectivity index (χ4v) is 8.74. The number of hydrogen-bond acceptors (Lipinski definition) is 2. The van der Waals surface area contributed by atoms with E-state index in [4.69, 9.17) is 4.43 Å². The number of allylic oxidation sites excluding steroid dienone is 1. The third kappa shape index (κ3) is 5.63. The summed E-state index contributed by atoms with van der Waals surface area (Å²) in [5.41, 5.74) is 8.42. The van der Waals surface area contributed by atoms with Crippen LogP contribution in [0.25, 0.3) is 17.2 Å². The summed E-state index contributed by atoms with van der Waals surface area (Å²) in [7, 11) is -2.19. The van der Waals surface area contributed by atoms with Gasteiger partial charge in [0.1, 0.15) is 5.75 Å². The quantitative estimate of drug-likeness (QED) is 0.291. The molecule has 1 N–H and O–H groups in total. The van der Waals surface area contributed by atoms with E-state index in [-0.39, 0.29) is 0 Å². The highest BCUT2D eigenvalue weighted by Gasteiger charge is 2.42. The van der Waals surface area contributed by atoms with Crippen molar-refractivity contribution in [3.8, 4) is 16.9 Å². The second-order valence-electron chi connectivity index (χ2n) is 10.8. The van der Waals surface area contributed by atoms with Crippen LogP contribution in [0, 0.1) is 0 Å². The lowest BCUT2D eigenvalue weighted by Crippen LogP contribution is -2.42. The molecule has 0 fully saturated rings. The van der Waals surface area contributed by atoms with E-state index < -0.39 is 8.32 Å². The molecule has 3 aromatic rings. The first-order chi connectivity index (χ1) is 16.8. The van der Waals surface area contributed by atoms with Crippen molar-refractivity contribution in [1.29, 1.82) is 0 Å². The predicted octanol–water partition coefficient (Wildman–Crippen LogP) is 8.91. The maximum atomic E-state index is 7.09. The maximum absolute atomic E-state index is 7.09. The van der Waals surface area contributed by atoms with Gasteiger partial charge in [0.25, 0.3) is 8.32 Å². The van der Waals surface area contributed by atoms with E-state index in [2.05, 4.69) is 125 Å². The zero-order chi connectivity index (χ0) is 25.0. The normalized spacial score (nSPS) is 16.2. The molecule has 3 heteroatoms. The highest BCUT2D eigenvalue weighted by Crippen LogP contribution is 2.46. The van der Waals surface area contributed by atoms with Crippen LogP contribution in [0.3, 0.4) is 0 Å². The van der Waals surface area contributed by atoms with Crippen molar-refractivity contribution in [2.45, 2.75) is 77.7 Å². The van der Waals surface area contributed by atoms with Crippen LogP contribution in [0.2, 0.25) is 13.1 Å². The number of fused-ring (bicyclic) bond motifs is 1. The third-order valence-electron chi connectivity index (χ3n) is 7.11. The van der Waals surface area contributed by atoms with Gasteiger partial charge in [-0.3, -0.25) is 0 Å². The van der Waals surface area contributed by atoms with Crippen molar-refractivity contribution >= 4 is 14.4 Å². The SMILES string of the molecule is CCCCC(NC(C)C)c1ccccc1O[Si](C)(C)C1C(C)=Cc2c(-c3ccccc3)cccc21. The summed E-state index contributed by atoms with van der Waals surface area (Å²) >= 11 is 0. The van der Waals surface area contributed by atoms with Gasteiger partial charge in [-0.15, -0.1) is 0 Å². The highest BCUT2D eigenvalue weighted by atomic mass is 28.4. The Kier molecular flexibility index (Phi) is 7.98. The Morgan fingerprint density at radius 3 is 2.34 bits per heavy atom. The molecule has 1 aliphatic rings. The third-order valence-corrected chi connectivity index (χ3v) is 10.0. The molecule has 0 heterocycles. The van der Waals surface area contributed by atoms with E-state index >= 15 is 0 Å². The van der Waals surface area contributed by atoms with Crippen LogP contribution in [0.5, 0.6) is 5.75 Å². The minimum atomic E-state index is -2.19. The zero-order valence-electron chi connectivity index (χ0n) is 22.3. The van der Waals surface area contributed by atoms with Crippen LogP contribution >= 0.6 is 0 Å². The van der Waals surface area contributed by atoms with Gasteiger partial charge in [0.05, 0.1) is 0 Å². The van der Waals surface area contributed by atoms with Crippen molar-refractivity contribution < 1.29 is 4.43 Å². The summed E-state index contributed by atoms with van der Waals surface area (Å²) in [5, 5.41) is 3.80. The zero-order valence-corrected chi connectivity index (χ0v) is 23.3. The fraction of sp³-hybridized carbons (Fsp3) is 0.375. The van der Waals surface area contributed by atoms with E-state index in [0.29, 0.717) is 17.6 Å². The van der Waals surface area contributed by atoms with Gasteiger partial charge < -0.3 is 9.74 Å². The van der Waals surface area contributed by atoms with E-state index in [1.807, 2.05) is 0 Å². The standard InChI is InChI=1S/C32H41NOSi/c1-7-8-20-30(33-23(2)3)28-17-12-13-21-31(28)34-35(5,6)32-24(4)22-29-26(18-14-19-27(29)32)25-15-10-9-11-16-25/h9-19,21-23,30,32-33H,7-8,20H2,1-6H3. The topological polar surface area (TPSA) is 21.3 Å². The van der Waals surface area contributed by atoms with Crippen molar-refractivity contribution in [2.24, 2.45) is 0 Å². The van der Waals surface area contributed by atoms with Gasteiger partial charge in [0.15, 0.2) is 0 Å². The van der Waals surface area contributed by atoms with E-state index in [1.165, 1.54) is 46.2 Å². The Morgan fingerprint density at radius 1 is 0.914 bits per heavy atom. The van der Waals surface area contributed by atoms with Gasteiger partial charge in [-0.1, -0.05) is 112 Å². The average Bonchev–Trinajstić information content (AvgIpc) is 3.19. The number of benzene rings is 3. The van der Waals surface area contributed by atoms with Crippen LogP contribution in [0.15, 0.2) is 78.4 Å². The molecule has 0 saturated carbocycles. The van der Waals surface area contributed by atoms with E-state index in [0.717, 1.165) is 12.2 Å². The molecule has 1 aliphatic carbocycles. The molecule has 0 spiro atoms. The second-order valence-corrected chi connectivity index (χ2v) is 14.7. The summed E-state index contributed by atoms with van der Waals surface area (Å²) in [6.07, 6.45) is 5.94. The molecule has 4 rings (SSSR count). The molecule has 2 unspecified atom stereocenters. The molecular weight excluding hydrogens is 442 g/mol. The Morgan fingerprint density at radius 2 is 1.63 bits per heavy atom. The Bertz CT molecular complexity index is 1170.